The Balaban J connectivity index is 1.73. The van der Waals surface area contributed by atoms with Crippen molar-refractivity contribution in [3.8, 4) is 5.75 Å². The zero-order chi connectivity index (χ0) is 18.0. The van der Waals surface area contributed by atoms with E-state index >= 15 is 0 Å². The number of benzene rings is 2. The lowest BCUT2D eigenvalue weighted by Crippen LogP contribution is -2.43. The number of urea groups is 1. The Morgan fingerprint density at radius 2 is 1.72 bits per heavy atom. The van der Waals surface area contributed by atoms with Gasteiger partial charge < -0.3 is 4.74 Å². The molecule has 1 heterocycles. The first-order valence-electron chi connectivity index (χ1n) is 7.63. The normalized spacial score (nSPS) is 15.4. The highest BCUT2D eigenvalue weighted by Crippen LogP contribution is 2.22. The van der Waals surface area contributed by atoms with Crippen LogP contribution in [0.3, 0.4) is 0 Å². The third-order valence-electron chi connectivity index (χ3n) is 3.72. The number of amides is 4. The van der Waals surface area contributed by atoms with Gasteiger partial charge >= 0.3 is 6.03 Å². The van der Waals surface area contributed by atoms with Crippen LogP contribution >= 0.6 is 0 Å². The molecular weight excluding hydrogens is 327 g/mol. The highest BCUT2D eigenvalue weighted by molar-refractivity contribution is 6.24. The molecule has 7 heteroatoms. The van der Waals surface area contributed by atoms with Gasteiger partial charge in [0.1, 0.15) is 18.1 Å². The smallest absolute Gasteiger partial charge is 0.338 e. The van der Waals surface area contributed by atoms with Crippen LogP contribution in [0.1, 0.15) is 6.92 Å². The number of ether oxygens (including phenoxy) is 1. The van der Waals surface area contributed by atoms with Crippen molar-refractivity contribution >= 4 is 23.5 Å². The van der Waals surface area contributed by atoms with Gasteiger partial charge in [0.2, 0.25) is 0 Å². The molecule has 0 radical (unpaired) electrons. The fraction of sp³-hybridized carbons (Fsp3) is 0.167. The second-order valence-corrected chi connectivity index (χ2v) is 5.49. The first-order chi connectivity index (χ1) is 12.0. The van der Waals surface area contributed by atoms with Gasteiger partial charge in [-0.1, -0.05) is 18.2 Å². The maximum Gasteiger partial charge on any atom is 0.338 e. The lowest BCUT2D eigenvalue weighted by molar-refractivity contribution is -0.135. The molecule has 2 aromatic rings. The number of carbonyl (C=O) groups is 3. The van der Waals surface area contributed by atoms with Crippen LogP contribution in [-0.4, -0.2) is 35.4 Å². The number of nitrogens with zero attached hydrogens (tertiary/aromatic N) is 2. The molecule has 0 aromatic heterocycles. The van der Waals surface area contributed by atoms with Crippen LogP contribution < -0.4 is 9.64 Å². The van der Waals surface area contributed by atoms with E-state index in [1.165, 1.54) is 31.2 Å². The maximum atomic E-state index is 12.9. The van der Waals surface area contributed by atoms with Gasteiger partial charge in [-0.3, -0.25) is 14.5 Å². The summed E-state index contributed by atoms with van der Waals surface area (Å²) in [4.78, 5) is 38.9. The average Bonchev–Trinajstić information content (AvgIpc) is 2.91. The first kappa shape index (κ1) is 16.6. The molecule has 0 spiro atoms. The maximum absolute atomic E-state index is 12.9. The molecule has 6 nitrogen and oxygen atoms in total. The summed E-state index contributed by atoms with van der Waals surface area (Å²) in [6.45, 7) is 1.12. The standard InChI is InChI=1S/C18H15FN2O4/c1-12(25-15-9-7-13(19)8-10-15)17(23)20-11-16(22)21(18(20)24)14-5-3-2-4-6-14/h2-10,12H,11H2,1H3. The van der Waals surface area contributed by atoms with E-state index in [9.17, 15) is 18.8 Å². The van der Waals surface area contributed by atoms with Crippen LogP contribution in [0.25, 0.3) is 0 Å². The van der Waals surface area contributed by atoms with Gasteiger partial charge in [-0.2, -0.15) is 0 Å². The van der Waals surface area contributed by atoms with E-state index in [2.05, 4.69) is 0 Å². The van der Waals surface area contributed by atoms with E-state index in [0.717, 1.165) is 9.80 Å². The summed E-state index contributed by atoms with van der Waals surface area (Å²) in [5.41, 5.74) is 0.403. The topological polar surface area (TPSA) is 66.9 Å². The Bertz CT molecular complexity index is 808. The summed E-state index contributed by atoms with van der Waals surface area (Å²) in [5.74, 6) is -1.26. The highest BCUT2D eigenvalue weighted by Gasteiger charge is 2.42. The predicted octanol–water partition coefficient (Wildman–Crippen LogP) is 2.59. The first-order valence-corrected chi connectivity index (χ1v) is 7.63. The summed E-state index contributed by atoms with van der Waals surface area (Å²) in [6.07, 6.45) is -1.00. The van der Waals surface area contributed by atoms with Crippen molar-refractivity contribution in [1.29, 1.82) is 0 Å². The molecule has 1 saturated heterocycles. The van der Waals surface area contributed by atoms with Crippen LogP contribution in [0, 0.1) is 5.82 Å². The minimum atomic E-state index is -1.00. The second-order valence-electron chi connectivity index (χ2n) is 5.49. The van der Waals surface area contributed by atoms with Crippen LogP contribution in [-0.2, 0) is 9.59 Å². The number of carbonyl (C=O) groups excluding carboxylic acids is 3. The molecule has 25 heavy (non-hydrogen) atoms. The van der Waals surface area contributed by atoms with Crippen molar-refractivity contribution in [2.24, 2.45) is 0 Å². The van der Waals surface area contributed by atoms with Crippen molar-refractivity contribution in [1.82, 2.24) is 4.90 Å². The number of para-hydroxylation sites is 1. The predicted molar refractivity (Wildman–Crippen MR) is 87.5 cm³/mol. The van der Waals surface area contributed by atoms with Crippen LogP contribution in [0.2, 0.25) is 0 Å². The van der Waals surface area contributed by atoms with Crippen molar-refractivity contribution in [2.45, 2.75) is 13.0 Å². The zero-order valence-electron chi connectivity index (χ0n) is 13.4. The molecule has 0 aliphatic carbocycles. The second kappa shape index (κ2) is 6.72. The molecule has 0 N–H and O–H groups in total. The number of hydrogen-bond acceptors (Lipinski definition) is 4. The Kier molecular flexibility index (Phi) is 4.47. The number of halogens is 1. The Labute approximate surface area is 143 Å². The lowest BCUT2D eigenvalue weighted by Gasteiger charge is -2.20. The zero-order valence-corrected chi connectivity index (χ0v) is 13.4. The fourth-order valence-electron chi connectivity index (χ4n) is 2.49. The van der Waals surface area contributed by atoms with Crippen molar-refractivity contribution in [2.75, 3.05) is 11.4 Å². The number of anilines is 1. The quantitative estimate of drug-likeness (QED) is 0.801. The van der Waals surface area contributed by atoms with Gasteiger partial charge in [0, 0.05) is 0 Å². The molecular formula is C18H15FN2O4. The average molecular weight is 342 g/mol. The van der Waals surface area contributed by atoms with Gasteiger partial charge in [0.25, 0.3) is 11.8 Å². The largest absolute Gasteiger partial charge is 0.481 e. The third-order valence-corrected chi connectivity index (χ3v) is 3.72. The SMILES string of the molecule is CC(Oc1ccc(F)cc1)C(=O)N1CC(=O)N(c2ccccc2)C1=O. The molecule has 2 aromatic carbocycles. The number of hydrogen-bond donors (Lipinski definition) is 0. The van der Waals surface area contributed by atoms with E-state index < -0.39 is 29.8 Å². The van der Waals surface area contributed by atoms with E-state index in [4.69, 9.17) is 4.74 Å². The summed E-state index contributed by atoms with van der Waals surface area (Å²) in [7, 11) is 0. The molecule has 3 rings (SSSR count). The summed E-state index contributed by atoms with van der Waals surface area (Å²) in [6, 6.07) is 12.8. The molecule has 4 amide bonds. The van der Waals surface area contributed by atoms with Gasteiger partial charge in [-0.25, -0.2) is 14.1 Å². The highest BCUT2D eigenvalue weighted by atomic mass is 19.1. The molecule has 1 aliphatic heterocycles. The molecule has 1 aliphatic rings. The van der Waals surface area contributed by atoms with Gasteiger partial charge in [-0.05, 0) is 43.3 Å². The minimum absolute atomic E-state index is 0.292. The lowest BCUT2D eigenvalue weighted by atomic mass is 10.3. The molecule has 0 bridgehead atoms. The van der Waals surface area contributed by atoms with Gasteiger partial charge in [-0.15, -0.1) is 0 Å². The van der Waals surface area contributed by atoms with Crippen molar-refractivity contribution in [3.05, 3.63) is 60.4 Å². The van der Waals surface area contributed by atoms with Crippen molar-refractivity contribution in [3.63, 3.8) is 0 Å². The van der Waals surface area contributed by atoms with Crippen LogP contribution in [0.5, 0.6) is 5.75 Å². The van der Waals surface area contributed by atoms with E-state index in [0.29, 0.717) is 11.4 Å². The summed E-state index contributed by atoms with van der Waals surface area (Å²) >= 11 is 0. The van der Waals surface area contributed by atoms with E-state index in [1.54, 1.807) is 30.3 Å². The summed E-state index contributed by atoms with van der Waals surface area (Å²) < 4.78 is 18.3. The van der Waals surface area contributed by atoms with Crippen LogP contribution in [0.4, 0.5) is 14.9 Å². The van der Waals surface area contributed by atoms with E-state index in [-0.39, 0.29) is 6.54 Å². The van der Waals surface area contributed by atoms with E-state index in [1.807, 2.05) is 0 Å². The Morgan fingerprint density at radius 3 is 2.36 bits per heavy atom. The Hall–Kier alpha value is -3.22. The fourth-order valence-corrected chi connectivity index (χ4v) is 2.49. The monoisotopic (exact) mass is 342 g/mol. The summed E-state index contributed by atoms with van der Waals surface area (Å²) in [5, 5.41) is 0. The third kappa shape index (κ3) is 3.35. The van der Waals surface area contributed by atoms with Crippen LogP contribution in [0.15, 0.2) is 54.6 Å². The molecule has 128 valence electrons. The molecule has 1 unspecified atom stereocenters. The van der Waals surface area contributed by atoms with Gasteiger partial charge in [0.05, 0.1) is 5.69 Å². The minimum Gasteiger partial charge on any atom is -0.481 e. The van der Waals surface area contributed by atoms with Gasteiger partial charge in [0.15, 0.2) is 6.10 Å². The number of rotatable bonds is 4. The number of imide groups is 2. The molecule has 0 saturated carbocycles. The van der Waals surface area contributed by atoms with Crippen molar-refractivity contribution < 1.29 is 23.5 Å². The Morgan fingerprint density at radius 1 is 1.08 bits per heavy atom. The molecule has 1 fully saturated rings. The molecule has 1 atom stereocenters.